The third-order valence-electron chi connectivity index (χ3n) is 3.99. The molecule has 2 N–H and O–H groups in total. The molecule has 0 radical (unpaired) electrons. The highest BCUT2D eigenvalue weighted by molar-refractivity contribution is 5.95. The lowest BCUT2D eigenvalue weighted by atomic mass is 9.81. The standard InChI is InChI=1S/C15H23N3O3/c1-10(2)15(3,4)9-17-14(19)11-6-7-12(16-5)13(8-11)18(20)21/h6-8,10,16H,9H2,1-5H3,(H,17,19). The van der Waals surface area contributed by atoms with Gasteiger partial charge >= 0.3 is 0 Å². The molecule has 0 saturated heterocycles. The van der Waals surface area contributed by atoms with Gasteiger partial charge in [0.05, 0.1) is 4.92 Å². The van der Waals surface area contributed by atoms with Gasteiger partial charge in [-0.05, 0) is 23.5 Å². The van der Waals surface area contributed by atoms with Gasteiger partial charge in [-0.15, -0.1) is 0 Å². The van der Waals surface area contributed by atoms with Gasteiger partial charge in [0, 0.05) is 25.2 Å². The molecule has 0 unspecified atom stereocenters. The Morgan fingerprint density at radius 3 is 2.48 bits per heavy atom. The van der Waals surface area contributed by atoms with E-state index in [0.717, 1.165) is 0 Å². The summed E-state index contributed by atoms with van der Waals surface area (Å²) in [6.45, 7) is 8.86. The lowest BCUT2D eigenvalue weighted by Gasteiger charge is -2.29. The first-order valence-electron chi connectivity index (χ1n) is 6.93. The van der Waals surface area contributed by atoms with Gasteiger partial charge in [0.2, 0.25) is 0 Å². The first-order valence-corrected chi connectivity index (χ1v) is 6.93. The van der Waals surface area contributed by atoms with Gasteiger partial charge < -0.3 is 10.6 Å². The van der Waals surface area contributed by atoms with E-state index in [1.807, 2.05) is 0 Å². The zero-order valence-electron chi connectivity index (χ0n) is 13.2. The van der Waals surface area contributed by atoms with Crippen molar-refractivity contribution in [2.45, 2.75) is 27.7 Å². The van der Waals surface area contributed by atoms with Gasteiger partial charge in [0.25, 0.3) is 11.6 Å². The van der Waals surface area contributed by atoms with Crippen molar-refractivity contribution in [3.05, 3.63) is 33.9 Å². The number of benzene rings is 1. The molecule has 6 nitrogen and oxygen atoms in total. The first-order chi connectivity index (χ1) is 9.69. The average molecular weight is 293 g/mol. The number of nitrogens with zero attached hydrogens (tertiary/aromatic N) is 1. The van der Waals surface area contributed by atoms with E-state index < -0.39 is 4.92 Å². The molecule has 6 heteroatoms. The van der Waals surface area contributed by atoms with Crippen LogP contribution in [0.3, 0.4) is 0 Å². The summed E-state index contributed by atoms with van der Waals surface area (Å²) < 4.78 is 0. The summed E-state index contributed by atoms with van der Waals surface area (Å²) in [5.74, 6) is 0.119. The molecule has 0 aliphatic carbocycles. The molecule has 0 fully saturated rings. The number of nitro benzene ring substituents is 1. The third-order valence-corrected chi connectivity index (χ3v) is 3.99. The highest BCUT2D eigenvalue weighted by Gasteiger charge is 2.24. The molecule has 116 valence electrons. The Labute approximate surface area is 125 Å². The predicted octanol–water partition coefficient (Wildman–Crippen LogP) is 3.05. The van der Waals surface area contributed by atoms with E-state index in [1.54, 1.807) is 19.2 Å². The summed E-state index contributed by atoms with van der Waals surface area (Å²) in [6, 6.07) is 4.42. The molecule has 0 atom stereocenters. The third kappa shape index (κ3) is 4.18. The van der Waals surface area contributed by atoms with Gasteiger partial charge in [-0.3, -0.25) is 14.9 Å². The summed E-state index contributed by atoms with van der Waals surface area (Å²) in [6.07, 6.45) is 0. The lowest BCUT2D eigenvalue weighted by molar-refractivity contribution is -0.384. The molecule has 0 saturated carbocycles. The maximum Gasteiger partial charge on any atom is 0.293 e. The van der Waals surface area contributed by atoms with Crippen LogP contribution in [0.25, 0.3) is 0 Å². The molecule has 0 heterocycles. The number of carbonyl (C=O) groups is 1. The number of anilines is 1. The molecule has 0 aliphatic heterocycles. The second-order valence-corrected chi connectivity index (χ2v) is 6.06. The van der Waals surface area contributed by atoms with Crippen molar-refractivity contribution in [1.82, 2.24) is 5.32 Å². The summed E-state index contributed by atoms with van der Waals surface area (Å²) in [5, 5.41) is 16.6. The molecule has 1 aromatic rings. The Balaban J connectivity index is 2.89. The van der Waals surface area contributed by atoms with Crippen LogP contribution in [0.2, 0.25) is 0 Å². The van der Waals surface area contributed by atoms with Crippen LogP contribution in [0.4, 0.5) is 11.4 Å². The van der Waals surface area contributed by atoms with Gasteiger partial charge in [-0.2, -0.15) is 0 Å². The predicted molar refractivity (Wildman–Crippen MR) is 83.6 cm³/mol. The van der Waals surface area contributed by atoms with E-state index in [0.29, 0.717) is 23.7 Å². The maximum atomic E-state index is 12.1. The molecular weight excluding hydrogens is 270 g/mol. The Bertz CT molecular complexity index is 539. The minimum absolute atomic E-state index is 0.0352. The number of nitro groups is 1. The Morgan fingerprint density at radius 1 is 1.38 bits per heavy atom. The van der Waals surface area contributed by atoms with Gasteiger partial charge in [-0.1, -0.05) is 27.7 Å². The average Bonchev–Trinajstić information content (AvgIpc) is 2.43. The van der Waals surface area contributed by atoms with Crippen molar-refractivity contribution >= 4 is 17.3 Å². The number of hydrogen-bond donors (Lipinski definition) is 2. The fraction of sp³-hybridized carbons (Fsp3) is 0.533. The molecule has 0 aliphatic rings. The molecular formula is C15H23N3O3. The van der Waals surface area contributed by atoms with Crippen molar-refractivity contribution in [2.75, 3.05) is 18.9 Å². The highest BCUT2D eigenvalue weighted by Crippen LogP contribution is 2.26. The zero-order valence-corrected chi connectivity index (χ0v) is 13.2. The van der Waals surface area contributed by atoms with E-state index in [4.69, 9.17) is 0 Å². The number of amides is 1. The summed E-state index contributed by atoms with van der Waals surface area (Å²) in [4.78, 5) is 22.6. The van der Waals surface area contributed by atoms with E-state index in [2.05, 4.69) is 38.3 Å². The minimum atomic E-state index is -0.499. The quantitative estimate of drug-likeness (QED) is 0.623. The van der Waals surface area contributed by atoms with Crippen LogP contribution in [0.1, 0.15) is 38.1 Å². The Kier molecular flexibility index (Phi) is 5.29. The van der Waals surface area contributed by atoms with Crippen molar-refractivity contribution in [1.29, 1.82) is 0 Å². The van der Waals surface area contributed by atoms with Crippen molar-refractivity contribution in [3.63, 3.8) is 0 Å². The van der Waals surface area contributed by atoms with Crippen molar-refractivity contribution in [2.24, 2.45) is 11.3 Å². The normalized spacial score (nSPS) is 11.3. The van der Waals surface area contributed by atoms with Crippen LogP contribution in [0.15, 0.2) is 18.2 Å². The SMILES string of the molecule is CNc1ccc(C(=O)NCC(C)(C)C(C)C)cc1[N+](=O)[O-]. The van der Waals surface area contributed by atoms with E-state index in [9.17, 15) is 14.9 Å². The molecule has 1 amide bonds. The zero-order chi connectivity index (χ0) is 16.2. The van der Waals surface area contributed by atoms with Crippen LogP contribution in [-0.4, -0.2) is 24.4 Å². The molecule has 0 spiro atoms. The van der Waals surface area contributed by atoms with E-state index in [-0.39, 0.29) is 17.0 Å². The number of hydrogen-bond acceptors (Lipinski definition) is 4. The first kappa shape index (κ1) is 16.9. The summed E-state index contributed by atoms with van der Waals surface area (Å²) in [5.41, 5.74) is 0.541. The Hall–Kier alpha value is -2.11. The summed E-state index contributed by atoms with van der Waals surface area (Å²) >= 11 is 0. The van der Waals surface area contributed by atoms with Crippen molar-refractivity contribution in [3.8, 4) is 0 Å². The van der Waals surface area contributed by atoms with Gasteiger partial charge in [0.1, 0.15) is 5.69 Å². The second-order valence-electron chi connectivity index (χ2n) is 6.06. The van der Waals surface area contributed by atoms with Crippen LogP contribution < -0.4 is 10.6 Å². The second kappa shape index (κ2) is 6.56. The Morgan fingerprint density at radius 2 is 2.00 bits per heavy atom. The monoisotopic (exact) mass is 293 g/mol. The fourth-order valence-electron chi connectivity index (χ4n) is 1.65. The smallest absolute Gasteiger partial charge is 0.293 e. The summed E-state index contributed by atoms with van der Waals surface area (Å²) in [7, 11) is 1.60. The van der Waals surface area contributed by atoms with Crippen LogP contribution in [-0.2, 0) is 0 Å². The van der Waals surface area contributed by atoms with Gasteiger partial charge in [0.15, 0.2) is 0 Å². The van der Waals surface area contributed by atoms with Crippen molar-refractivity contribution < 1.29 is 9.72 Å². The number of rotatable bonds is 6. The topological polar surface area (TPSA) is 84.3 Å². The largest absolute Gasteiger partial charge is 0.383 e. The minimum Gasteiger partial charge on any atom is -0.383 e. The van der Waals surface area contributed by atoms with E-state index >= 15 is 0 Å². The number of nitrogens with one attached hydrogen (secondary N) is 2. The lowest BCUT2D eigenvalue weighted by Crippen LogP contribution is -2.36. The molecule has 21 heavy (non-hydrogen) atoms. The molecule has 0 aromatic heterocycles. The van der Waals surface area contributed by atoms with E-state index in [1.165, 1.54) is 6.07 Å². The van der Waals surface area contributed by atoms with Gasteiger partial charge in [-0.25, -0.2) is 0 Å². The fourth-order valence-corrected chi connectivity index (χ4v) is 1.65. The molecule has 1 rings (SSSR count). The maximum absolute atomic E-state index is 12.1. The van der Waals surface area contributed by atoms with Crippen LogP contribution in [0, 0.1) is 21.4 Å². The molecule has 1 aromatic carbocycles. The number of carbonyl (C=O) groups excluding carboxylic acids is 1. The highest BCUT2D eigenvalue weighted by atomic mass is 16.6. The van der Waals surface area contributed by atoms with Crippen LogP contribution in [0.5, 0.6) is 0 Å². The van der Waals surface area contributed by atoms with Crippen LogP contribution >= 0.6 is 0 Å². The molecule has 0 bridgehead atoms.